The number of alkyl halides is 3. The Morgan fingerprint density at radius 2 is 1.80 bits per heavy atom. The molecule has 30 heavy (non-hydrogen) atoms. The summed E-state index contributed by atoms with van der Waals surface area (Å²) >= 11 is 0. The molecular weight excluding hydrogens is 423 g/mol. The van der Waals surface area contributed by atoms with Gasteiger partial charge in [0.05, 0.1) is 10.5 Å². The molecule has 1 aromatic heterocycles. The molecule has 1 aromatic carbocycles. The molecule has 0 amide bonds. The first-order valence-electron chi connectivity index (χ1n) is 8.70. The SMILES string of the molecule is Cc1cc(C2=C(c3ccc(S(C)(=O)=O)cn3)OC(C)(C)C2=O)ccc1OC(F)(F)F. The number of Topliss-reactive ketones (excluding diaryl/α,β-unsaturated/α-hetero) is 1. The number of nitrogens with zero attached hydrogens (tertiary/aromatic N) is 1. The van der Waals surface area contributed by atoms with Gasteiger partial charge in [-0.3, -0.25) is 9.78 Å². The minimum Gasteiger partial charge on any atom is -0.477 e. The minimum atomic E-state index is -4.84. The van der Waals surface area contributed by atoms with Gasteiger partial charge in [-0.15, -0.1) is 13.2 Å². The maximum Gasteiger partial charge on any atom is 0.573 e. The molecule has 0 spiro atoms. The third-order valence-electron chi connectivity index (χ3n) is 4.44. The van der Waals surface area contributed by atoms with E-state index in [0.29, 0.717) is 5.56 Å². The van der Waals surface area contributed by atoms with Crippen molar-refractivity contribution in [2.75, 3.05) is 6.26 Å². The molecule has 160 valence electrons. The Morgan fingerprint density at radius 3 is 2.30 bits per heavy atom. The summed E-state index contributed by atoms with van der Waals surface area (Å²) in [5.74, 6) is -0.640. The fourth-order valence-corrected chi connectivity index (χ4v) is 3.54. The maximum absolute atomic E-state index is 12.9. The van der Waals surface area contributed by atoms with Crippen LogP contribution in [0.1, 0.15) is 30.7 Å². The van der Waals surface area contributed by atoms with Gasteiger partial charge in [0.25, 0.3) is 0 Å². The minimum absolute atomic E-state index is 0.00137. The molecule has 0 saturated heterocycles. The molecule has 0 atom stereocenters. The highest BCUT2D eigenvalue weighted by molar-refractivity contribution is 7.90. The molecule has 1 aliphatic heterocycles. The molecule has 0 bridgehead atoms. The van der Waals surface area contributed by atoms with E-state index in [0.717, 1.165) is 18.5 Å². The number of benzene rings is 1. The monoisotopic (exact) mass is 441 g/mol. The number of sulfone groups is 1. The quantitative estimate of drug-likeness (QED) is 0.715. The van der Waals surface area contributed by atoms with Gasteiger partial charge in [-0.1, -0.05) is 6.07 Å². The van der Waals surface area contributed by atoms with Crippen LogP contribution in [0.3, 0.4) is 0 Å². The predicted molar refractivity (Wildman–Crippen MR) is 102 cm³/mol. The Hall–Kier alpha value is -2.88. The summed E-state index contributed by atoms with van der Waals surface area (Å²) in [5.41, 5.74) is -0.348. The van der Waals surface area contributed by atoms with E-state index in [1.54, 1.807) is 13.8 Å². The molecule has 0 saturated carbocycles. The topological polar surface area (TPSA) is 82.6 Å². The molecular formula is C20H18F3NO5S. The first-order chi connectivity index (χ1) is 13.7. The van der Waals surface area contributed by atoms with Gasteiger partial charge in [0.2, 0.25) is 5.78 Å². The average molecular weight is 441 g/mol. The number of pyridine rings is 1. The van der Waals surface area contributed by atoms with E-state index >= 15 is 0 Å². The smallest absolute Gasteiger partial charge is 0.477 e. The number of aryl methyl sites for hydroxylation is 1. The first-order valence-corrected chi connectivity index (χ1v) is 10.6. The summed E-state index contributed by atoms with van der Waals surface area (Å²) in [6, 6.07) is 6.60. The van der Waals surface area contributed by atoms with Crippen molar-refractivity contribution >= 4 is 27.0 Å². The number of ketones is 1. The summed E-state index contributed by atoms with van der Waals surface area (Å²) in [7, 11) is -3.46. The van der Waals surface area contributed by atoms with Gasteiger partial charge in [-0.05, 0) is 56.2 Å². The van der Waals surface area contributed by atoms with Crippen molar-refractivity contribution in [2.24, 2.45) is 0 Å². The predicted octanol–water partition coefficient (Wildman–Crippen LogP) is 3.94. The van der Waals surface area contributed by atoms with Gasteiger partial charge in [0.1, 0.15) is 11.4 Å². The maximum atomic E-state index is 12.9. The van der Waals surface area contributed by atoms with Crippen LogP contribution in [0.2, 0.25) is 0 Å². The molecule has 0 aliphatic carbocycles. The van der Waals surface area contributed by atoms with E-state index in [2.05, 4.69) is 9.72 Å². The highest BCUT2D eigenvalue weighted by atomic mass is 32.2. The number of carbonyl (C=O) groups is 1. The van der Waals surface area contributed by atoms with Crippen LogP contribution < -0.4 is 4.74 Å². The summed E-state index contributed by atoms with van der Waals surface area (Å²) in [4.78, 5) is 17.0. The van der Waals surface area contributed by atoms with Crippen molar-refractivity contribution in [3.8, 4) is 5.75 Å². The van der Waals surface area contributed by atoms with Gasteiger partial charge >= 0.3 is 6.36 Å². The Kier molecular flexibility index (Phi) is 5.18. The zero-order chi connectivity index (χ0) is 22.5. The van der Waals surface area contributed by atoms with Crippen LogP contribution in [0, 0.1) is 6.92 Å². The summed E-state index contributed by atoms with van der Waals surface area (Å²) in [6.45, 7) is 4.54. The van der Waals surface area contributed by atoms with Crippen molar-refractivity contribution < 1.29 is 35.9 Å². The largest absolute Gasteiger partial charge is 0.573 e. The second-order valence-electron chi connectivity index (χ2n) is 7.33. The highest BCUT2D eigenvalue weighted by Gasteiger charge is 2.43. The lowest BCUT2D eigenvalue weighted by Crippen LogP contribution is -2.29. The summed E-state index contributed by atoms with van der Waals surface area (Å²) < 4.78 is 70.7. The molecule has 2 aromatic rings. The van der Waals surface area contributed by atoms with E-state index in [4.69, 9.17) is 4.74 Å². The number of rotatable bonds is 4. The Morgan fingerprint density at radius 1 is 1.13 bits per heavy atom. The van der Waals surface area contributed by atoms with E-state index < -0.39 is 21.8 Å². The third kappa shape index (κ3) is 4.33. The lowest BCUT2D eigenvalue weighted by Gasteiger charge is -2.17. The Bertz CT molecular complexity index is 1150. The van der Waals surface area contributed by atoms with Crippen LogP contribution in [-0.4, -0.2) is 37.4 Å². The fraction of sp³-hybridized carbons (Fsp3) is 0.300. The number of hydrogen-bond donors (Lipinski definition) is 0. The van der Waals surface area contributed by atoms with Crippen molar-refractivity contribution in [3.05, 3.63) is 53.3 Å². The number of hydrogen-bond acceptors (Lipinski definition) is 6. The fourth-order valence-electron chi connectivity index (χ4n) is 2.98. The lowest BCUT2D eigenvalue weighted by atomic mass is 9.92. The van der Waals surface area contributed by atoms with Crippen molar-refractivity contribution in [3.63, 3.8) is 0 Å². The zero-order valence-electron chi connectivity index (χ0n) is 16.5. The van der Waals surface area contributed by atoms with Gasteiger partial charge in [0.15, 0.2) is 21.2 Å². The van der Waals surface area contributed by atoms with Crippen molar-refractivity contribution in [1.29, 1.82) is 0 Å². The molecule has 3 rings (SSSR count). The van der Waals surface area contributed by atoms with Crippen molar-refractivity contribution in [2.45, 2.75) is 37.6 Å². The zero-order valence-corrected chi connectivity index (χ0v) is 17.3. The van der Waals surface area contributed by atoms with Gasteiger partial charge < -0.3 is 9.47 Å². The highest BCUT2D eigenvalue weighted by Crippen LogP contribution is 2.41. The number of halogens is 3. The standard InChI is InChI=1S/C20H18F3NO5S/c1-11-9-12(5-8-15(11)28-20(21,22)23)16-17(29-19(2,3)18(16)25)14-7-6-13(10-24-14)30(4,26)27/h5-10H,1-4H3. The third-order valence-corrected chi connectivity index (χ3v) is 5.54. The second-order valence-corrected chi connectivity index (χ2v) is 9.34. The van der Waals surface area contributed by atoms with Crippen LogP contribution in [0.4, 0.5) is 13.2 Å². The van der Waals surface area contributed by atoms with Crippen molar-refractivity contribution in [1.82, 2.24) is 4.98 Å². The molecule has 2 heterocycles. The Balaban J connectivity index is 2.11. The number of aromatic nitrogens is 1. The first kappa shape index (κ1) is 21.8. The van der Waals surface area contributed by atoms with Gasteiger partial charge in [-0.2, -0.15) is 0 Å². The van der Waals surface area contributed by atoms with Crippen LogP contribution >= 0.6 is 0 Å². The second kappa shape index (κ2) is 7.12. The van der Waals surface area contributed by atoms with Crippen LogP contribution in [-0.2, 0) is 19.4 Å². The Labute approximate surface area is 171 Å². The molecule has 10 heteroatoms. The number of carbonyl (C=O) groups excluding carboxylic acids is 1. The van der Waals surface area contributed by atoms with Gasteiger partial charge in [-0.25, -0.2) is 8.42 Å². The molecule has 0 N–H and O–H groups in total. The van der Waals surface area contributed by atoms with E-state index in [1.165, 1.54) is 31.2 Å². The van der Waals surface area contributed by atoms with E-state index in [-0.39, 0.29) is 39.0 Å². The van der Waals surface area contributed by atoms with E-state index in [1.807, 2.05) is 0 Å². The molecule has 0 unspecified atom stereocenters. The number of ether oxygens (including phenoxy) is 2. The molecule has 6 nitrogen and oxygen atoms in total. The molecule has 0 fully saturated rings. The molecule has 1 aliphatic rings. The van der Waals surface area contributed by atoms with Crippen LogP contribution in [0.25, 0.3) is 11.3 Å². The van der Waals surface area contributed by atoms with E-state index in [9.17, 15) is 26.4 Å². The lowest BCUT2D eigenvalue weighted by molar-refractivity contribution is -0.274. The van der Waals surface area contributed by atoms with Crippen LogP contribution in [0.15, 0.2) is 41.4 Å². The van der Waals surface area contributed by atoms with Crippen LogP contribution in [0.5, 0.6) is 5.75 Å². The van der Waals surface area contributed by atoms with Gasteiger partial charge in [0, 0.05) is 12.5 Å². The average Bonchev–Trinajstić information content (AvgIpc) is 2.85. The molecule has 0 radical (unpaired) electrons. The summed E-state index contributed by atoms with van der Waals surface area (Å²) in [5, 5.41) is 0. The summed E-state index contributed by atoms with van der Waals surface area (Å²) in [6.07, 6.45) is -2.64. The normalized spacial score (nSPS) is 16.6.